The molecule has 6 nitrogen and oxygen atoms in total. The fourth-order valence-corrected chi connectivity index (χ4v) is 1.01. The third-order valence-electron chi connectivity index (χ3n) is 1.72. The van der Waals surface area contributed by atoms with E-state index in [1.807, 2.05) is 0 Å². The Morgan fingerprint density at radius 3 is 2.71 bits per heavy atom. The molecule has 0 heterocycles. The van der Waals surface area contributed by atoms with Crippen molar-refractivity contribution in [1.82, 2.24) is 0 Å². The first-order valence-electron chi connectivity index (χ1n) is 3.77. The first-order valence-corrected chi connectivity index (χ1v) is 3.77. The van der Waals surface area contributed by atoms with Crippen LogP contribution in [0.15, 0.2) is 35.3 Å². The molecule has 0 unspecified atom stereocenters. The molecule has 0 aromatic rings. The number of allylic oxidation sites excluding steroid dienone is 3. The number of aliphatic hydroxyl groups excluding tert-OH is 1. The lowest BCUT2D eigenvalue weighted by molar-refractivity contribution is -0.426. The molecule has 6 heteroatoms. The van der Waals surface area contributed by atoms with Crippen molar-refractivity contribution in [2.45, 2.75) is 6.42 Å². The lowest BCUT2D eigenvalue weighted by Gasteiger charge is -1.98. The van der Waals surface area contributed by atoms with Gasteiger partial charge in [0.05, 0.1) is 16.9 Å². The molecule has 0 saturated heterocycles. The zero-order valence-electron chi connectivity index (χ0n) is 7.14. The zero-order valence-corrected chi connectivity index (χ0v) is 7.14. The molecule has 14 heavy (non-hydrogen) atoms. The summed E-state index contributed by atoms with van der Waals surface area (Å²) in [5.74, 6) is -1.16. The first-order chi connectivity index (χ1) is 6.52. The van der Waals surface area contributed by atoms with Crippen molar-refractivity contribution in [3.8, 4) is 0 Å². The van der Waals surface area contributed by atoms with Crippen molar-refractivity contribution in [3.63, 3.8) is 0 Å². The van der Waals surface area contributed by atoms with E-state index in [4.69, 9.17) is 5.73 Å². The molecule has 1 aliphatic rings. The van der Waals surface area contributed by atoms with Gasteiger partial charge in [0, 0.05) is 6.08 Å². The molecule has 0 aromatic heterocycles. The van der Waals surface area contributed by atoms with Crippen LogP contribution in [0.1, 0.15) is 6.42 Å². The Labute approximate surface area is 79.2 Å². The molecule has 0 spiro atoms. The second-order valence-electron chi connectivity index (χ2n) is 2.65. The minimum absolute atomic E-state index is 0.0359. The fraction of sp³-hybridized carbons (Fsp3) is 0.125. The molecule has 0 fully saturated rings. The van der Waals surface area contributed by atoms with E-state index in [1.54, 1.807) is 0 Å². The minimum atomic E-state index is -0.809. The van der Waals surface area contributed by atoms with Gasteiger partial charge in [-0.3, -0.25) is 14.9 Å². The summed E-state index contributed by atoms with van der Waals surface area (Å²) in [4.78, 5) is 20.5. The van der Waals surface area contributed by atoms with E-state index in [0.29, 0.717) is 0 Å². The van der Waals surface area contributed by atoms with Gasteiger partial charge in [0.15, 0.2) is 0 Å². The van der Waals surface area contributed by atoms with Gasteiger partial charge in [-0.05, 0) is 6.08 Å². The Morgan fingerprint density at radius 2 is 2.21 bits per heavy atom. The molecular weight excluding hydrogens is 188 g/mol. The van der Waals surface area contributed by atoms with Crippen LogP contribution in [0.2, 0.25) is 0 Å². The maximum Gasteiger partial charge on any atom is 0.252 e. The average Bonchev–Trinajstić information content (AvgIpc) is 2.26. The molecule has 1 amide bonds. The van der Waals surface area contributed by atoms with Crippen LogP contribution < -0.4 is 5.73 Å². The van der Waals surface area contributed by atoms with Crippen molar-refractivity contribution in [1.29, 1.82) is 0 Å². The number of nitrogens with zero attached hydrogens (tertiary/aromatic N) is 1. The normalized spacial score (nSPS) is 16.1. The molecular formula is C8H8N2O4. The monoisotopic (exact) mass is 196 g/mol. The van der Waals surface area contributed by atoms with E-state index >= 15 is 0 Å². The largest absolute Gasteiger partial charge is 0.507 e. The number of amides is 1. The zero-order chi connectivity index (χ0) is 10.7. The van der Waals surface area contributed by atoms with Crippen LogP contribution in [0.4, 0.5) is 0 Å². The van der Waals surface area contributed by atoms with Gasteiger partial charge in [-0.15, -0.1) is 0 Å². The summed E-state index contributed by atoms with van der Waals surface area (Å²) in [6.07, 6.45) is 3.42. The van der Waals surface area contributed by atoms with Crippen molar-refractivity contribution in [2.24, 2.45) is 5.73 Å². The Hall–Kier alpha value is -2.11. The van der Waals surface area contributed by atoms with E-state index < -0.39 is 10.8 Å². The molecule has 1 rings (SSSR count). The SMILES string of the molecule is NC(=O)C1=CCC([N+](=O)[O-])=CC=C1O. The van der Waals surface area contributed by atoms with Crippen LogP contribution >= 0.6 is 0 Å². The van der Waals surface area contributed by atoms with Gasteiger partial charge in [-0.1, -0.05) is 6.08 Å². The molecule has 0 bridgehead atoms. The topological polar surface area (TPSA) is 106 Å². The van der Waals surface area contributed by atoms with Crippen molar-refractivity contribution < 1.29 is 14.8 Å². The summed E-state index contributed by atoms with van der Waals surface area (Å²) in [6, 6.07) is 0. The number of hydrogen-bond donors (Lipinski definition) is 2. The fourth-order valence-electron chi connectivity index (χ4n) is 1.01. The van der Waals surface area contributed by atoms with Crippen molar-refractivity contribution in [2.75, 3.05) is 0 Å². The lowest BCUT2D eigenvalue weighted by Crippen LogP contribution is -2.15. The Kier molecular flexibility index (Phi) is 2.66. The summed E-state index contributed by atoms with van der Waals surface area (Å²) in [5.41, 5.74) is 4.74. The van der Waals surface area contributed by atoms with Crippen LogP contribution in [0.3, 0.4) is 0 Å². The number of carbonyl (C=O) groups excluding carboxylic acids is 1. The van der Waals surface area contributed by atoms with Crippen LogP contribution in [0, 0.1) is 10.1 Å². The standard InChI is InChI=1S/C8H8N2O4/c9-8(12)6-3-1-5(10(13)14)2-4-7(6)11/h2-4,11H,1H2,(H2,9,12). The number of nitrogens with two attached hydrogens (primary N) is 1. The first kappa shape index (κ1) is 9.97. The molecule has 0 atom stereocenters. The number of primary amides is 1. The van der Waals surface area contributed by atoms with Crippen molar-refractivity contribution in [3.05, 3.63) is 45.4 Å². The van der Waals surface area contributed by atoms with Gasteiger partial charge in [0.25, 0.3) is 5.91 Å². The van der Waals surface area contributed by atoms with E-state index in [2.05, 4.69) is 0 Å². The van der Waals surface area contributed by atoms with E-state index in [-0.39, 0.29) is 23.5 Å². The lowest BCUT2D eigenvalue weighted by atomic mass is 10.2. The molecule has 0 radical (unpaired) electrons. The number of aliphatic hydroxyl groups is 1. The Morgan fingerprint density at radius 1 is 1.57 bits per heavy atom. The van der Waals surface area contributed by atoms with Gasteiger partial charge in [-0.2, -0.15) is 0 Å². The highest BCUT2D eigenvalue weighted by Gasteiger charge is 2.16. The minimum Gasteiger partial charge on any atom is -0.507 e. The van der Waals surface area contributed by atoms with Gasteiger partial charge >= 0.3 is 0 Å². The summed E-state index contributed by atoms with van der Waals surface area (Å²) in [7, 11) is 0. The highest BCUT2D eigenvalue weighted by molar-refractivity contribution is 5.95. The van der Waals surface area contributed by atoms with E-state index in [1.165, 1.54) is 6.08 Å². The maximum atomic E-state index is 10.8. The number of nitro groups is 1. The smallest absolute Gasteiger partial charge is 0.252 e. The molecule has 1 aliphatic carbocycles. The predicted octanol–water partition coefficient (Wildman–Crippen LogP) is 0.404. The summed E-state index contributed by atoms with van der Waals surface area (Å²) in [6.45, 7) is 0. The average molecular weight is 196 g/mol. The van der Waals surface area contributed by atoms with Crippen LogP contribution in [0.5, 0.6) is 0 Å². The van der Waals surface area contributed by atoms with Gasteiger partial charge in [0.1, 0.15) is 5.76 Å². The highest BCUT2D eigenvalue weighted by Crippen LogP contribution is 2.16. The summed E-state index contributed by atoms with van der Waals surface area (Å²) in [5, 5.41) is 19.6. The number of carbonyl (C=O) groups is 1. The van der Waals surface area contributed by atoms with Gasteiger partial charge in [0.2, 0.25) is 5.70 Å². The van der Waals surface area contributed by atoms with Crippen LogP contribution in [-0.2, 0) is 4.79 Å². The Bertz CT molecular complexity index is 379. The van der Waals surface area contributed by atoms with Crippen LogP contribution in [-0.4, -0.2) is 15.9 Å². The van der Waals surface area contributed by atoms with Crippen LogP contribution in [0.25, 0.3) is 0 Å². The molecule has 0 aliphatic heterocycles. The summed E-state index contributed by atoms with van der Waals surface area (Å²) < 4.78 is 0. The summed E-state index contributed by atoms with van der Waals surface area (Å²) >= 11 is 0. The Balaban J connectivity index is 3.03. The number of hydrogen-bond acceptors (Lipinski definition) is 4. The van der Waals surface area contributed by atoms with E-state index in [0.717, 1.165) is 12.2 Å². The second kappa shape index (κ2) is 3.73. The van der Waals surface area contributed by atoms with E-state index in [9.17, 15) is 20.0 Å². The number of rotatable bonds is 2. The van der Waals surface area contributed by atoms with Gasteiger partial charge < -0.3 is 10.8 Å². The second-order valence-corrected chi connectivity index (χ2v) is 2.65. The highest BCUT2D eigenvalue weighted by atomic mass is 16.6. The van der Waals surface area contributed by atoms with Crippen molar-refractivity contribution >= 4 is 5.91 Å². The third kappa shape index (κ3) is 1.98. The predicted molar refractivity (Wildman–Crippen MR) is 47.7 cm³/mol. The molecule has 0 saturated carbocycles. The maximum absolute atomic E-state index is 10.8. The molecule has 3 N–H and O–H groups in total. The molecule has 74 valence electrons. The molecule has 0 aromatic carbocycles. The third-order valence-corrected chi connectivity index (χ3v) is 1.72. The quantitative estimate of drug-likeness (QED) is 0.492. The van der Waals surface area contributed by atoms with Gasteiger partial charge in [-0.25, -0.2) is 0 Å².